The zero-order valence-corrected chi connectivity index (χ0v) is 8.24. The van der Waals surface area contributed by atoms with Gasteiger partial charge in [0.1, 0.15) is 0 Å². The molecule has 0 aromatic heterocycles. The number of rotatable bonds is 5. The summed E-state index contributed by atoms with van der Waals surface area (Å²) in [6, 6.07) is 0. The minimum Gasteiger partial charge on any atom is -0.394 e. The van der Waals surface area contributed by atoms with Gasteiger partial charge in [0.15, 0.2) is 6.29 Å². The Morgan fingerprint density at radius 3 is 2.69 bits per heavy atom. The first-order valence-corrected chi connectivity index (χ1v) is 5.42. The minimum atomic E-state index is -3.37. The van der Waals surface area contributed by atoms with Crippen LogP contribution in [0.25, 0.3) is 0 Å². The Balaban J connectivity index is 2.26. The van der Waals surface area contributed by atoms with Gasteiger partial charge in [-0.1, -0.05) is 0 Å². The molecule has 1 aliphatic rings. The Kier molecular flexibility index (Phi) is 4.31. The topological polar surface area (TPSA) is 74.2 Å². The van der Waals surface area contributed by atoms with Gasteiger partial charge in [-0.15, -0.1) is 0 Å². The van der Waals surface area contributed by atoms with Crippen LogP contribution < -0.4 is 0 Å². The lowest BCUT2D eigenvalue weighted by atomic mass is 10.7. The van der Waals surface area contributed by atoms with Gasteiger partial charge in [-0.2, -0.15) is 0 Å². The molecule has 0 radical (unpaired) electrons. The predicted octanol–water partition coefficient (Wildman–Crippen LogP) is 0.513. The molecule has 1 aliphatic heterocycles. The van der Waals surface area contributed by atoms with Gasteiger partial charge in [0.05, 0.1) is 26.4 Å². The van der Waals surface area contributed by atoms with E-state index in [2.05, 4.69) is 0 Å². The molecule has 1 N–H and O–H groups in total. The Bertz CT molecular complexity index is 186. The maximum atomic E-state index is 11.4. The highest BCUT2D eigenvalue weighted by atomic mass is 31.2. The van der Waals surface area contributed by atoms with Crippen LogP contribution >= 0.6 is 7.82 Å². The first-order valence-electron chi connectivity index (χ1n) is 3.96. The van der Waals surface area contributed by atoms with E-state index >= 15 is 0 Å². The molecule has 1 heterocycles. The summed E-state index contributed by atoms with van der Waals surface area (Å²) in [6.07, 6.45) is -0.712. The van der Waals surface area contributed by atoms with E-state index in [-0.39, 0.29) is 26.4 Å². The van der Waals surface area contributed by atoms with Gasteiger partial charge in [-0.05, 0) is 6.92 Å². The van der Waals surface area contributed by atoms with Crippen LogP contribution in [0.3, 0.4) is 0 Å². The quantitative estimate of drug-likeness (QED) is 0.528. The molecule has 6 nitrogen and oxygen atoms in total. The zero-order chi connectivity index (χ0) is 9.73. The van der Waals surface area contributed by atoms with E-state index in [1.165, 1.54) is 0 Å². The molecule has 7 heteroatoms. The number of phosphoric ester groups is 1. The molecule has 1 fully saturated rings. The molecule has 13 heavy (non-hydrogen) atoms. The highest BCUT2D eigenvalue weighted by molar-refractivity contribution is 7.48. The molecular weight excluding hydrogens is 199 g/mol. The van der Waals surface area contributed by atoms with Crippen molar-refractivity contribution in [3.63, 3.8) is 0 Å². The first kappa shape index (κ1) is 11.1. The molecule has 1 rings (SSSR count). The third-order valence-corrected chi connectivity index (χ3v) is 2.86. The number of phosphoric acid groups is 1. The third-order valence-electron chi connectivity index (χ3n) is 1.30. The third kappa shape index (κ3) is 3.72. The van der Waals surface area contributed by atoms with Crippen LogP contribution in [0.4, 0.5) is 0 Å². The normalized spacial score (nSPS) is 23.2. The number of hydrogen-bond donors (Lipinski definition) is 1. The van der Waals surface area contributed by atoms with Crippen LogP contribution in [0.5, 0.6) is 0 Å². The van der Waals surface area contributed by atoms with Crippen molar-refractivity contribution < 1.29 is 28.0 Å². The Labute approximate surface area is 76.4 Å². The standard InChI is InChI=1S/C6H13O6P/c1-6(9-3-2-7)12-13(8)10-4-5-11-13/h6-7H,2-5H2,1H3. The molecule has 0 spiro atoms. The lowest BCUT2D eigenvalue weighted by Gasteiger charge is -2.15. The van der Waals surface area contributed by atoms with Gasteiger partial charge in [-0.25, -0.2) is 4.57 Å². The second kappa shape index (κ2) is 5.05. The smallest absolute Gasteiger partial charge is 0.394 e. The maximum absolute atomic E-state index is 11.4. The van der Waals surface area contributed by atoms with Crippen molar-refractivity contribution in [2.75, 3.05) is 26.4 Å². The maximum Gasteiger partial charge on any atom is 0.477 e. The zero-order valence-electron chi connectivity index (χ0n) is 7.34. The average Bonchev–Trinajstić information content (AvgIpc) is 2.48. The number of ether oxygens (including phenoxy) is 1. The van der Waals surface area contributed by atoms with E-state index in [1.807, 2.05) is 0 Å². The van der Waals surface area contributed by atoms with Crippen molar-refractivity contribution in [2.45, 2.75) is 13.2 Å². The average molecular weight is 212 g/mol. The Morgan fingerprint density at radius 2 is 2.15 bits per heavy atom. The second-order valence-electron chi connectivity index (χ2n) is 2.38. The molecule has 0 aromatic carbocycles. The fourth-order valence-electron chi connectivity index (χ4n) is 0.827. The lowest BCUT2D eigenvalue weighted by Crippen LogP contribution is -2.14. The van der Waals surface area contributed by atoms with Gasteiger partial charge >= 0.3 is 7.82 Å². The summed E-state index contributed by atoms with van der Waals surface area (Å²) in [6.45, 7) is 2.11. The predicted molar refractivity (Wildman–Crippen MR) is 43.1 cm³/mol. The van der Waals surface area contributed by atoms with Gasteiger partial charge in [0.2, 0.25) is 0 Å². The largest absolute Gasteiger partial charge is 0.477 e. The molecule has 0 aliphatic carbocycles. The van der Waals surface area contributed by atoms with E-state index in [0.717, 1.165) is 0 Å². The Hall–Kier alpha value is 0.0300. The highest BCUT2D eigenvalue weighted by Crippen LogP contribution is 2.53. The fraction of sp³-hybridized carbons (Fsp3) is 1.00. The van der Waals surface area contributed by atoms with Gasteiger partial charge in [-0.3, -0.25) is 13.6 Å². The van der Waals surface area contributed by atoms with Gasteiger partial charge in [0, 0.05) is 0 Å². The summed E-state index contributed by atoms with van der Waals surface area (Å²) in [4.78, 5) is 0. The minimum absolute atomic E-state index is 0.111. The molecule has 0 amide bonds. The van der Waals surface area contributed by atoms with Crippen molar-refractivity contribution in [1.82, 2.24) is 0 Å². The second-order valence-corrected chi connectivity index (χ2v) is 4.00. The summed E-state index contributed by atoms with van der Waals surface area (Å²) in [5.74, 6) is 0. The molecule has 0 saturated carbocycles. The van der Waals surface area contributed by atoms with E-state index in [4.69, 9.17) is 23.4 Å². The summed E-state index contributed by atoms with van der Waals surface area (Å²) in [5.41, 5.74) is 0. The number of hydrogen-bond acceptors (Lipinski definition) is 6. The van der Waals surface area contributed by atoms with Crippen LogP contribution in [0.15, 0.2) is 0 Å². The number of aliphatic hydroxyl groups excluding tert-OH is 1. The monoisotopic (exact) mass is 212 g/mol. The summed E-state index contributed by atoms with van der Waals surface area (Å²) < 4.78 is 30.7. The molecule has 1 unspecified atom stereocenters. The van der Waals surface area contributed by atoms with Crippen LogP contribution in [0, 0.1) is 0 Å². The van der Waals surface area contributed by atoms with E-state index in [0.29, 0.717) is 0 Å². The lowest BCUT2D eigenvalue weighted by molar-refractivity contribution is -0.0876. The van der Waals surface area contributed by atoms with Crippen LogP contribution in [-0.4, -0.2) is 37.8 Å². The van der Waals surface area contributed by atoms with Gasteiger partial charge in [0.25, 0.3) is 0 Å². The summed E-state index contributed by atoms with van der Waals surface area (Å²) in [5, 5.41) is 8.43. The van der Waals surface area contributed by atoms with Crippen LogP contribution in [-0.2, 0) is 22.9 Å². The van der Waals surface area contributed by atoms with E-state index in [1.54, 1.807) is 6.92 Å². The van der Waals surface area contributed by atoms with Gasteiger partial charge < -0.3 is 9.84 Å². The van der Waals surface area contributed by atoms with Crippen LogP contribution in [0.2, 0.25) is 0 Å². The van der Waals surface area contributed by atoms with Crippen molar-refractivity contribution in [2.24, 2.45) is 0 Å². The molecule has 0 aromatic rings. The van der Waals surface area contributed by atoms with Crippen molar-refractivity contribution >= 4 is 7.82 Å². The molecule has 1 atom stereocenters. The van der Waals surface area contributed by atoms with Crippen molar-refractivity contribution in [3.8, 4) is 0 Å². The first-order chi connectivity index (χ1) is 6.16. The summed E-state index contributed by atoms with van der Waals surface area (Å²) in [7, 11) is -3.37. The molecule has 78 valence electrons. The van der Waals surface area contributed by atoms with E-state index < -0.39 is 14.1 Å². The summed E-state index contributed by atoms with van der Waals surface area (Å²) >= 11 is 0. The Morgan fingerprint density at radius 1 is 1.54 bits per heavy atom. The van der Waals surface area contributed by atoms with E-state index in [9.17, 15) is 4.57 Å². The number of aliphatic hydroxyl groups is 1. The highest BCUT2D eigenvalue weighted by Gasteiger charge is 2.34. The molecule has 0 bridgehead atoms. The fourth-order valence-corrected chi connectivity index (χ4v) is 2.04. The van der Waals surface area contributed by atoms with Crippen LogP contribution in [0.1, 0.15) is 6.92 Å². The van der Waals surface area contributed by atoms with Crippen molar-refractivity contribution in [1.29, 1.82) is 0 Å². The SMILES string of the molecule is CC(OCCO)OP1(=O)OCCO1. The molecular formula is C6H13O6P. The molecule has 1 saturated heterocycles. The van der Waals surface area contributed by atoms with Crippen molar-refractivity contribution in [3.05, 3.63) is 0 Å².